The van der Waals surface area contributed by atoms with Gasteiger partial charge in [-0.3, -0.25) is 4.79 Å². The van der Waals surface area contributed by atoms with Crippen LogP contribution in [0.25, 0.3) is 22.4 Å². The van der Waals surface area contributed by atoms with Crippen LogP contribution in [0.2, 0.25) is 0 Å². The van der Waals surface area contributed by atoms with Gasteiger partial charge >= 0.3 is 0 Å². The number of fused-ring (bicyclic) bond motifs is 2. The van der Waals surface area contributed by atoms with Gasteiger partial charge in [0, 0.05) is 23.4 Å². The molecule has 7 nitrogen and oxygen atoms in total. The second-order valence-corrected chi connectivity index (χ2v) is 7.25. The predicted molar refractivity (Wildman–Crippen MR) is 118 cm³/mol. The summed E-state index contributed by atoms with van der Waals surface area (Å²) in [5, 5.41) is 2.96. The quantitative estimate of drug-likeness (QED) is 0.511. The normalized spacial score (nSPS) is 12.5. The molecule has 0 atom stereocenters. The SMILES string of the molecule is COc1ccc(CC(=O)Nc2cccc(-c3nc4cc5c(cc4[nH]3)OCCO5)c2)cc1. The van der Waals surface area contributed by atoms with Gasteiger partial charge in [0.1, 0.15) is 24.8 Å². The van der Waals surface area contributed by atoms with E-state index in [9.17, 15) is 4.79 Å². The second-order valence-electron chi connectivity index (χ2n) is 7.25. The molecular weight excluding hydrogens is 394 g/mol. The van der Waals surface area contributed by atoms with Crippen LogP contribution in [-0.4, -0.2) is 36.2 Å². The molecule has 0 spiro atoms. The highest BCUT2D eigenvalue weighted by Gasteiger charge is 2.15. The fourth-order valence-corrected chi connectivity index (χ4v) is 3.56. The predicted octanol–water partition coefficient (Wildman–Crippen LogP) is 4.19. The lowest BCUT2D eigenvalue weighted by atomic mass is 10.1. The summed E-state index contributed by atoms with van der Waals surface area (Å²) in [4.78, 5) is 20.5. The van der Waals surface area contributed by atoms with Crippen molar-refractivity contribution in [2.24, 2.45) is 0 Å². The Hall–Kier alpha value is -4.00. The third kappa shape index (κ3) is 4.02. The van der Waals surface area contributed by atoms with E-state index < -0.39 is 0 Å². The monoisotopic (exact) mass is 415 g/mol. The number of rotatable bonds is 5. The van der Waals surface area contributed by atoms with Crippen LogP contribution >= 0.6 is 0 Å². The molecule has 2 N–H and O–H groups in total. The molecular formula is C24H21N3O4. The lowest BCUT2D eigenvalue weighted by Gasteiger charge is -2.17. The van der Waals surface area contributed by atoms with Crippen molar-refractivity contribution in [2.45, 2.75) is 6.42 Å². The van der Waals surface area contributed by atoms with E-state index in [1.165, 1.54) is 0 Å². The van der Waals surface area contributed by atoms with Crippen LogP contribution in [0.5, 0.6) is 17.2 Å². The number of carbonyl (C=O) groups excluding carboxylic acids is 1. The summed E-state index contributed by atoms with van der Waals surface area (Å²) in [7, 11) is 1.62. The van der Waals surface area contributed by atoms with Gasteiger partial charge in [-0.05, 0) is 29.8 Å². The van der Waals surface area contributed by atoms with Crippen LogP contribution in [0.1, 0.15) is 5.56 Å². The van der Waals surface area contributed by atoms with Crippen molar-refractivity contribution in [3.8, 4) is 28.6 Å². The molecule has 156 valence electrons. The first-order chi connectivity index (χ1) is 15.2. The van der Waals surface area contributed by atoms with Gasteiger partial charge < -0.3 is 24.5 Å². The van der Waals surface area contributed by atoms with E-state index in [-0.39, 0.29) is 12.3 Å². The van der Waals surface area contributed by atoms with Gasteiger partial charge in [0.05, 0.1) is 24.6 Å². The van der Waals surface area contributed by atoms with Crippen LogP contribution in [0.3, 0.4) is 0 Å². The van der Waals surface area contributed by atoms with E-state index in [1.807, 2.05) is 60.7 Å². The van der Waals surface area contributed by atoms with Crippen molar-refractivity contribution >= 4 is 22.6 Å². The van der Waals surface area contributed by atoms with E-state index in [4.69, 9.17) is 14.2 Å². The number of aromatic nitrogens is 2. The highest BCUT2D eigenvalue weighted by molar-refractivity contribution is 5.93. The van der Waals surface area contributed by atoms with Crippen LogP contribution in [0.4, 0.5) is 5.69 Å². The molecule has 2 heterocycles. The number of aromatic amines is 1. The molecule has 0 saturated carbocycles. The van der Waals surface area contributed by atoms with Gasteiger partial charge in [0.15, 0.2) is 11.5 Å². The fourth-order valence-electron chi connectivity index (χ4n) is 3.56. The zero-order valence-corrected chi connectivity index (χ0v) is 17.0. The standard InChI is InChI=1S/C24H21N3O4/c1-29-18-7-5-15(6-8-18)11-23(28)25-17-4-2-3-16(12-17)24-26-19-13-21-22(14-20(19)27-24)31-10-9-30-21/h2-8,12-14H,9-11H2,1H3,(H,25,28)(H,26,27). The van der Waals surface area contributed by atoms with Crippen molar-refractivity contribution in [3.05, 3.63) is 66.2 Å². The number of H-pyrrole nitrogens is 1. The molecule has 5 rings (SSSR count). The van der Waals surface area contributed by atoms with E-state index in [2.05, 4.69) is 15.3 Å². The number of amides is 1. The number of benzene rings is 3. The molecule has 0 saturated heterocycles. The van der Waals surface area contributed by atoms with Crippen LogP contribution < -0.4 is 19.5 Å². The molecule has 1 aliphatic heterocycles. The molecule has 7 heteroatoms. The molecule has 0 fully saturated rings. The molecule has 0 bridgehead atoms. The van der Waals surface area contributed by atoms with Gasteiger partial charge in [-0.15, -0.1) is 0 Å². The number of ether oxygens (including phenoxy) is 3. The first-order valence-corrected chi connectivity index (χ1v) is 10.0. The number of hydrogen-bond donors (Lipinski definition) is 2. The fraction of sp³-hybridized carbons (Fsp3) is 0.167. The van der Waals surface area contributed by atoms with Crippen molar-refractivity contribution in [3.63, 3.8) is 0 Å². The molecule has 3 aromatic carbocycles. The third-order valence-electron chi connectivity index (χ3n) is 5.09. The highest BCUT2D eigenvalue weighted by Crippen LogP contribution is 2.35. The minimum Gasteiger partial charge on any atom is -0.497 e. The average Bonchev–Trinajstić information content (AvgIpc) is 3.21. The van der Waals surface area contributed by atoms with E-state index in [0.717, 1.165) is 27.9 Å². The molecule has 1 aromatic heterocycles. The number of nitrogens with zero attached hydrogens (tertiary/aromatic N) is 1. The number of hydrogen-bond acceptors (Lipinski definition) is 5. The van der Waals surface area contributed by atoms with Crippen LogP contribution in [-0.2, 0) is 11.2 Å². The number of imidazole rings is 1. The maximum atomic E-state index is 12.5. The van der Waals surface area contributed by atoms with Gasteiger partial charge in [-0.25, -0.2) is 4.98 Å². The molecule has 0 radical (unpaired) electrons. The van der Waals surface area contributed by atoms with Crippen molar-refractivity contribution < 1.29 is 19.0 Å². The average molecular weight is 415 g/mol. The molecule has 0 aliphatic carbocycles. The maximum Gasteiger partial charge on any atom is 0.228 e. The van der Waals surface area contributed by atoms with Gasteiger partial charge in [0.25, 0.3) is 0 Å². The van der Waals surface area contributed by atoms with E-state index >= 15 is 0 Å². The second kappa shape index (κ2) is 8.02. The molecule has 1 amide bonds. The summed E-state index contributed by atoms with van der Waals surface area (Å²) >= 11 is 0. The smallest absolute Gasteiger partial charge is 0.228 e. The molecule has 31 heavy (non-hydrogen) atoms. The zero-order chi connectivity index (χ0) is 21.2. The molecule has 0 unspecified atom stereocenters. The summed E-state index contributed by atoms with van der Waals surface area (Å²) in [6.45, 7) is 1.08. The minimum atomic E-state index is -0.0890. The topological polar surface area (TPSA) is 85.5 Å². The molecule has 4 aromatic rings. The first kappa shape index (κ1) is 19.0. The summed E-state index contributed by atoms with van der Waals surface area (Å²) in [6.07, 6.45) is 0.282. The zero-order valence-electron chi connectivity index (χ0n) is 17.0. The van der Waals surface area contributed by atoms with Crippen LogP contribution in [0, 0.1) is 0 Å². The lowest BCUT2D eigenvalue weighted by Crippen LogP contribution is -2.15. The van der Waals surface area contributed by atoms with Crippen molar-refractivity contribution in [1.82, 2.24) is 9.97 Å². The van der Waals surface area contributed by atoms with Gasteiger partial charge in [-0.2, -0.15) is 0 Å². The highest BCUT2D eigenvalue weighted by atomic mass is 16.6. The minimum absolute atomic E-state index is 0.0890. The largest absolute Gasteiger partial charge is 0.497 e. The Morgan fingerprint density at radius 3 is 2.61 bits per heavy atom. The first-order valence-electron chi connectivity index (χ1n) is 10.0. The van der Waals surface area contributed by atoms with E-state index in [0.29, 0.717) is 36.2 Å². The number of anilines is 1. The lowest BCUT2D eigenvalue weighted by molar-refractivity contribution is -0.115. The Bertz CT molecular complexity index is 1200. The Balaban J connectivity index is 1.34. The summed E-state index contributed by atoms with van der Waals surface area (Å²) in [5.74, 6) is 2.81. The summed E-state index contributed by atoms with van der Waals surface area (Å²) in [5.41, 5.74) is 4.17. The van der Waals surface area contributed by atoms with Crippen molar-refractivity contribution in [1.29, 1.82) is 0 Å². The Morgan fingerprint density at radius 2 is 1.84 bits per heavy atom. The Kier molecular flexibility index (Phi) is 4.92. The van der Waals surface area contributed by atoms with Crippen molar-refractivity contribution in [2.75, 3.05) is 25.6 Å². The number of nitrogens with one attached hydrogen (secondary N) is 2. The van der Waals surface area contributed by atoms with Gasteiger partial charge in [-0.1, -0.05) is 24.3 Å². The third-order valence-corrected chi connectivity index (χ3v) is 5.09. The van der Waals surface area contributed by atoms with Crippen LogP contribution in [0.15, 0.2) is 60.7 Å². The maximum absolute atomic E-state index is 12.5. The summed E-state index contributed by atoms with van der Waals surface area (Å²) < 4.78 is 16.4. The number of methoxy groups -OCH3 is 1. The summed E-state index contributed by atoms with van der Waals surface area (Å²) in [6, 6.07) is 18.8. The Morgan fingerprint density at radius 1 is 1.06 bits per heavy atom. The van der Waals surface area contributed by atoms with E-state index in [1.54, 1.807) is 7.11 Å². The number of carbonyl (C=O) groups is 1. The van der Waals surface area contributed by atoms with Gasteiger partial charge in [0.2, 0.25) is 5.91 Å². The Labute approximate surface area is 179 Å². The molecule has 1 aliphatic rings.